The van der Waals surface area contributed by atoms with Crippen LogP contribution in [-0.2, 0) is 21.5 Å². The van der Waals surface area contributed by atoms with Crippen molar-refractivity contribution in [3.63, 3.8) is 0 Å². The van der Waals surface area contributed by atoms with Crippen molar-refractivity contribution in [1.82, 2.24) is 5.32 Å². The van der Waals surface area contributed by atoms with Crippen LogP contribution in [0.15, 0.2) is 48.5 Å². The summed E-state index contributed by atoms with van der Waals surface area (Å²) in [5, 5.41) is 2.89. The van der Waals surface area contributed by atoms with Crippen molar-refractivity contribution < 1.29 is 14.3 Å². The second-order valence-electron chi connectivity index (χ2n) is 7.84. The molecule has 0 aliphatic carbocycles. The molecule has 0 fully saturated rings. The van der Waals surface area contributed by atoms with Crippen molar-refractivity contribution in [3.05, 3.63) is 59.7 Å². The first-order valence-corrected chi connectivity index (χ1v) is 9.49. The zero-order valence-electron chi connectivity index (χ0n) is 17.4. The molecule has 2 amide bonds. The molecule has 0 spiro atoms. The zero-order valence-corrected chi connectivity index (χ0v) is 17.4. The van der Waals surface area contributed by atoms with Crippen LogP contribution < -0.4 is 15.0 Å². The molecule has 0 atom stereocenters. The third-order valence-corrected chi connectivity index (χ3v) is 4.64. The van der Waals surface area contributed by atoms with Crippen LogP contribution in [0.5, 0.6) is 5.75 Å². The van der Waals surface area contributed by atoms with Gasteiger partial charge in [0.1, 0.15) is 5.75 Å². The van der Waals surface area contributed by atoms with Crippen molar-refractivity contribution in [2.45, 2.75) is 46.1 Å². The van der Waals surface area contributed by atoms with Gasteiger partial charge in [0.05, 0.1) is 7.11 Å². The molecule has 0 aliphatic heterocycles. The molecule has 28 heavy (non-hydrogen) atoms. The Morgan fingerprint density at radius 1 is 1.00 bits per heavy atom. The minimum Gasteiger partial charge on any atom is -0.497 e. The van der Waals surface area contributed by atoms with E-state index >= 15 is 0 Å². The number of nitrogens with zero attached hydrogens (tertiary/aromatic N) is 1. The molecule has 2 rings (SSSR count). The Morgan fingerprint density at radius 3 is 2.11 bits per heavy atom. The molecule has 0 aromatic heterocycles. The van der Waals surface area contributed by atoms with Crippen LogP contribution in [0.25, 0.3) is 0 Å². The molecular formula is C23H30N2O3. The third-order valence-electron chi connectivity index (χ3n) is 4.64. The molecule has 0 radical (unpaired) electrons. The van der Waals surface area contributed by atoms with Gasteiger partial charge in [0.15, 0.2) is 0 Å². The maximum Gasteiger partial charge on any atom is 0.223 e. The summed E-state index contributed by atoms with van der Waals surface area (Å²) < 4.78 is 5.13. The lowest BCUT2D eigenvalue weighted by atomic mass is 9.87. The Balaban J connectivity index is 1.91. The van der Waals surface area contributed by atoms with E-state index in [1.807, 2.05) is 48.5 Å². The molecule has 2 aromatic carbocycles. The quantitative estimate of drug-likeness (QED) is 0.786. The van der Waals surface area contributed by atoms with Crippen LogP contribution >= 0.6 is 0 Å². The predicted molar refractivity (Wildman–Crippen MR) is 113 cm³/mol. The lowest BCUT2D eigenvalue weighted by Crippen LogP contribution is -2.33. The van der Waals surface area contributed by atoms with Gasteiger partial charge in [-0.1, -0.05) is 45.0 Å². The van der Waals surface area contributed by atoms with Crippen LogP contribution in [0.4, 0.5) is 5.69 Å². The topological polar surface area (TPSA) is 58.6 Å². The summed E-state index contributed by atoms with van der Waals surface area (Å²) in [5.41, 5.74) is 3.07. The fraction of sp³-hybridized carbons (Fsp3) is 0.391. The van der Waals surface area contributed by atoms with E-state index in [-0.39, 0.29) is 23.7 Å². The summed E-state index contributed by atoms with van der Waals surface area (Å²) >= 11 is 0. The monoisotopic (exact) mass is 382 g/mol. The smallest absolute Gasteiger partial charge is 0.223 e. The number of methoxy groups -OCH3 is 1. The van der Waals surface area contributed by atoms with E-state index in [0.717, 1.165) is 17.0 Å². The first kappa shape index (κ1) is 21.5. The minimum atomic E-state index is -0.0895. The van der Waals surface area contributed by atoms with E-state index in [1.54, 1.807) is 12.0 Å². The average Bonchev–Trinajstić information content (AvgIpc) is 2.66. The molecule has 0 heterocycles. The van der Waals surface area contributed by atoms with Crippen molar-refractivity contribution in [2.75, 3.05) is 18.6 Å². The molecule has 0 bridgehead atoms. The van der Waals surface area contributed by atoms with Crippen molar-refractivity contribution in [1.29, 1.82) is 0 Å². The fourth-order valence-electron chi connectivity index (χ4n) is 2.86. The molecule has 0 saturated heterocycles. The average molecular weight is 383 g/mol. The van der Waals surface area contributed by atoms with Crippen LogP contribution in [0.2, 0.25) is 0 Å². The number of nitrogens with one attached hydrogen (secondary N) is 1. The summed E-state index contributed by atoms with van der Waals surface area (Å²) in [7, 11) is 1.62. The number of anilines is 1. The molecule has 0 unspecified atom stereocenters. The predicted octanol–water partition coefficient (Wildman–Crippen LogP) is 4.05. The molecular weight excluding hydrogens is 352 g/mol. The highest BCUT2D eigenvalue weighted by Gasteiger charge is 2.16. The van der Waals surface area contributed by atoms with Gasteiger partial charge in [0.2, 0.25) is 11.8 Å². The maximum atomic E-state index is 12.2. The fourth-order valence-corrected chi connectivity index (χ4v) is 2.86. The summed E-state index contributed by atoms with van der Waals surface area (Å²) in [4.78, 5) is 25.9. The third kappa shape index (κ3) is 6.12. The van der Waals surface area contributed by atoms with Crippen LogP contribution in [0.1, 0.15) is 45.2 Å². The number of carbonyl (C=O) groups excluding carboxylic acids is 2. The summed E-state index contributed by atoms with van der Waals surface area (Å²) in [6.45, 7) is 8.77. The summed E-state index contributed by atoms with van der Waals surface area (Å²) in [6.07, 6.45) is 0.247. The molecule has 5 heteroatoms. The molecule has 150 valence electrons. The van der Waals surface area contributed by atoms with Gasteiger partial charge in [-0.15, -0.1) is 0 Å². The van der Waals surface area contributed by atoms with E-state index in [9.17, 15) is 9.59 Å². The molecule has 2 aromatic rings. The number of benzene rings is 2. The van der Waals surface area contributed by atoms with Crippen LogP contribution in [0, 0.1) is 0 Å². The number of ether oxygens (including phenoxy) is 1. The molecule has 5 nitrogen and oxygen atoms in total. The Bertz CT molecular complexity index is 790. The number of hydrogen-bond donors (Lipinski definition) is 1. The molecule has 0 saturated carbocycles. The Hall–Kier alpha value is -2.82. The number of carbonyl (C=O) groups is 2. The van der Waals surface area contributed by atoms with Gasteiger partial charge in [-0.2, -0.15) is 0 Å². The summed E-state index contributed by atoms with van der Waals surface area (Å²) in [6, 6.07) is 15.5. The van der Waals surface area contributed by atoms with Crippen molar-refractivity contribution in [2.24, 2.45) is 0 Å². The van der Waals surface area contributed by atoms with Crippen LogP contribution in [-0.4, -0.2) is 25.5 Å². The zero-order chi connectivity index (χ0) is 20.7. The van der Waals surface area contributed by atoms with E-state index in [0.29, 0.717) is 13.1 Å². The van der Waals surface area contributed by atoms with Crippen molar-refractivity contribution in [3.8, 4) is 5.75 Å². The van der Waals surface area contributed by atoms with E-state index < -0.39 is 0 Å². The Kier molecular flexibility index (Phi) is 7.21. The van der Waals surface area contributed by atoms with Gasteiger partial charge in [-0.3, -0.25) is 9.59 Å². The standard InChI is InChI=1S/C23H30N2O3/c1-17(26)25(20-10-8-19(9-11-20)23(2,3)4)15-14-22(27)24-16-18-6-12-21(28-5)13-7-18/h6-13H,14-16H2,1-5H3,(H,24,27). The normalized spacial score (nSPS) is 11.0. The number of rotatable bonds is 7. The SMILES string of the molecule is COc1ccc(CNC(=O)CCN(C(C)=O)c2ccc(C(C)(C)C)cc2)cc1. The van der Waals surface area contributed by atoms with E-state index in [1.165, 1.54) is 12.5 Å². The first-order chi connectivity index (χ1) is 13.2. The van der Waals surface area contributed by atoms with Crippen LogP contribution in [0.3, 0.4) is 0 Å². The summed E-state index contributed by atoms with van der Waals surface area (Å²) in [5.74, 6) is 0.615. The van der Waals surface area contributed by atoms with E-state index in [4.69, 9.17) is 4.74 Å². The maximum absolute atomic E-state index is 12.2. The number of amides is 2. The highest BCUT2D eigenvalue weighted by molar-refractivity contribution is 5.92. The van der Waals surface area contributed by atoms with Gasteiger partial charge >= 0.3 is 0 Å². The minimum absolute atomic E-state index is 0.0565. The van der Waals surface area contributed by atoms with E-state index in [2.05, 4.69) is 26.1 Å². The van der Waals surface area contributed by atoms with Gasteiger partial charge in [-0.05, 0) is 40.8 Å². The van der Waals surface area contributed by atoms with Crippen molar-refractivity contribution >= 4 is 17.5 Å². The molecule has 1 N–H and O–H groups in total. The number of hydrogen-bond acceptors (Lipinski definition) is 3. The second-order valence-corrected chi connectivity index (χ2v) is 7.84. The highest BCUT2D eigenvalue weighted by atomic mass is 16.5. The largest absolute Gasteiger partial charge is 0.497 e. The van der Waals surface area contributed by atoms with Gasteiger partial charge in [0.25, 0.3) is 0 Å². The first-order valence-electron chi connectivity index (χ1n) is 9.49. The second kappa shape index (κ2) is 9.40. The Labute approximate surface area is 167 Å². The Morgan fingerprint density at radius 2 is 1.61 bits per heavy atom. The van der Waals surface area contributed by atoms with Gasteiger partial charge in [0, 0.05) is 32.1 Å². The highest BCUT2D eigenvalue weighted by Crippen LogP contribution is 2.25. The molecule has 0 aliphatic rings. The lowest BCUT2D eigenvalue weighted by Gasteiger charge is -2.23. The van der Waals surface area contributed by atoms with Gasteiger partial charge in [-0.25, -0.2) is 0 Å². The van der Waals surface area contributed by atoms with Gasteiger partial charge < -0.3 is 15.0 Å². The lowest BCUT2D eigenvalue weighted by molar-refractivity contribution is -0.121.